The summed E-state index contributed by atoms with van der Waals surface area (Å²) in [5.74, 6) is 0.877. The van der Waals surface area contributed by atoms with Crippen molar-refractivity contribution in [1.82, 2.24) is 10.3 Å². The van der Waals surface area contributed by atoms with Gasteiger partial charge >= 0.3 is 0 Å². The van der Waals surface area contributed by atoms with Crippen molar-refractivity contribution in [3.8, 4) is 5.75 Å². The lowest BCUT2D eigenvalue weighted by Crippen LogP contribution is -2.41. The molecule has 1 aromatic carbocycles. The molecular formula is C23H30N2O4. The van der Waals surface area contributed by atoms with E-state index in [-0.39, 0.29) is 30.8 Å². The molecule has 0 radical (unpaired) electrons. The van der Waals surface area contributed by atoms with Gasteiger partial charge in [0.25, 0.3) is 0 Å². The van der Waals surface area contributed by atoms with Crippen LogP contribution in [0, 0.1) is 0 Å². The maximum Gasteiger partial charge on any atom is 0.246 e. The Morgan fingerprint density at radius 1 is 1.14 bits per heavy atom. The molecule has 1 saturated heterocycles. The molecule has 1 aromatic heterocycles. The highest BCUT2D eigenvalue weighted by molar-refractivity contribution is 5.87. The van der Waals surface area contributed by atoms with Crippen LogP contribution >= 0.6 is 0 Å². The number of carbonyl (C=O) groups excluding carboxylic acids is 1. The maximum atomic E-state index is 12.2. The van der Waals surface area contributed by atoms with Gasteiger partial charge in [-0.25, -0.2) is 0 Å². The standard InChI is InChI=1S/C23H30N2O4/c26-23(16-27-15-20-5-1-2-13-28-20)25-18-7-9-19(10-8-18)29-22-6-3-4-17-14-24-12-11-21(17)22/h3-4,6,11-12,14,18-20H,1-2,5,7-10,13,15-16H2,(H,25,26). The van der Waals surface area contributed by atoms with Crippen molar-refractivity contribution >= 4 is 16.7 Å². The minimum absolute atomic E-state index is 0.0354. The normalized spacial score (nSPS) is 24.9. The first-order valence-electron chi connectivity index (χ1n) is 10.8. The van der Waals surface area contributed by atoms with Crippen LogP contribution in [-0.2, 0) is 14.3 Å². The van der Waals surface area contributed by atoms with Gasteiger partial charge in [0, 0.05) is 35.8 Å². The van der Waals surface area contributed by atoms with Crippen LogP contribution in [0.5, 0.6) is 5.75 Å². The van der Waals surface area contributed by atoms with Crippen molar-refractivity contribution in [2.75, 3.05) is 19.8 Å². The Morgan fingerprint density at radius 3 is 2.86 bits per heavy atom. The zero-order valence-electron chi connectivity index (χ0n) is 16.8. The van der Waals surface area contributed by atoms with Crippen LogP contribution < -0.4 is 10.1 Å². The molecule has 29 heavy (non-hydrogen) atoms. The predicted octanol–water partition coefficient (Wildman–Crippen LogP) is 3.63. The maximum absolute atomic E-state index is 12.2. The van der Waals surface area contributed by atoms with Gasteiger partial charge in [-0.3, -0.25) is 9.78 Å². The lowest BCUT2D eigenvalue weighted by Gasteiger charge is -2.30. The summed E-state index contributed by atoms with van der Waals surface area (Å²) in [6.07, 6.45) is 11.0. The number of aromatic nitrogens is 1. The zero-order valence-corrected chi connectivity index (χ0v) is 16.8. The van der Waals surface area contributed by atoms with Gasteiger partial charge in [0.05, 0.1) is 18.8 Å². The number of pyridine rings is 1. The quantitative estimate of drug-likeness (QED) is 0.771. The van der Waals surface area contributed by atoms with Crippen molar-refractivity contribution in [1.29, 1.82) is 0 Å². The highest BCUT2D eigenvalue weighted by atomic mass is 16.5. The van der Waals surface area contributed by atoms with Crippen LogP contribution in [0.2, 0.25) is 0 Å². The number of ether oxygens (including phenoxy) is 3. The second-order valence-electron chi connectivity index (χ2n) is 8.02. The molecule has 2 aliphatic rings. The van der Waals surface area contributed by atoms with Crippen molar-refractivity contribution in [2.24, 2.45) is 0 Å². The van der Waals surface area contributed by atoms with Gasteiger partial charge < -0.3 is 19.5 Å². The first kappa shape index (κ1) is 20.1. The van der Waals surface area contributed by atoms with Crippen molar-refractivity contribution in [3.63, 3.8) is 0 Å². The van der Waals surface area contributed by atoms with E-state index in [0.717, 1.165) is 61.7 Å². The fourth-order valence-electron chi connectivity index (χ4n) is 4.19. The van der Waals surface area contributed by atoms with Gasteiger partial charge in [0.15, 0.2) is 0 Å². The SMILES string of the molecule is O=C(COCC1CCCCO1)NC1CCC(Oc2cccc3cnccc23)CC1. The van der Waals surface area contributed by atoms with Crippen LogP contribution in [0.3, 0.4) is 0 Å². The van der Waals surface area contributed by atoms with E-state index in [1.807, 2.05) is 30.5 Å². The molecule has 6 heteroatoms. The summed E-state index contributed by atoms with van der Waals surface area (Å²) >= 11 is 0. The fourth-order valence-corrected chi connectivity index (χ4v) is 4.19. The van der Waals surface area contributed by atoms with Crippen LogP contribution in [0.1, 0.15) is 44.9 Å². The average molecular weight is 399 g/mol. The van der Waals surface area contributed by atoms with E-state index >= 15 is 0 Å². The first-order chi connectivity index (χ1) is 14.3. The molecule has 1 aliphatic carbocycles. The number of nitrogens with one attached hydrogen (secondary N) is 1. The number of amides is 1. The Morgan fingerprint density at radius 2 is 2.03 bits per heavy atom. The molecule has 0 bridgehead atoms. The highest BCUT2D eigenvalue weighted by Crippen LogP contribution is 2.29. The highest BCUT2D eigenvalue weighted by Gasteiger charge is 2.24. The van der Waals surface area contributed by atoms with E-state index < -0.39 is 0 Å². The van der Waals surface area contributed by atoms with E-state index in [1.165, 1.54) is 6.42 Å². The summed E-state index contributed by atoms with van der Waals surface area (Å²) in [7, 11) is 0. The largest absolute Gasteiger partial charge is 0.490 e. The van der Waals surface area contributed by atoms with E-state index in [4.69, 9.17) is 14.2 Å². The lowest BCUT2D eigenvalue weighted by atomic mass is 9.93. The lowest BCUT2D eigenvalue weighted by molar-refractivity contribution is -0.128. The Balaban J connectivity index is 1.18. The minimum atomic E-state index is -0.0354. The number of fused-ring (bicyclic) bond motifs is 1. The molecule has 0 spiro atoms. The number of nitrogens with zero attached hydrogens (tertiary/aromatic N) is 1. The van der Waals surface area contributed by atoms with Crippen molar-refractivity contribution in [3.05, 3.63) is 36.7 Å². The summed E-state index contributed by atoms with van der Waals surface area (Å²) in [5.41, 5.74) is 0. The third kappa shape index (κ3) is 5.67. The summed E-state index contributed by atoms with van der Waals surface area (Å²) < 4.78 is 17.4. The summed E-state index contributed by atoms with van der Waals surface area (Å²) in [6, 6.07) is 8.26. The first-order valence-corrected chi connectivity index (χ1v) is 10.8. The molecule has 1 saturated carbocycles. The van der Waals surface area contributed by atoms with E-state index in [0.29, 0.717) is 6.61 Å². The van der Waals surface area contributed by atoms with Crippen LogP contribution in [0.4, 0.5) is 0 Å². The molecule has 156 valence electrons. The molecule has 2 fully saturated rings. The Hall–Kier alpha value is -2.18. The van der Waals surface area contributed by atoms with Crippen LogP contribution in [0.15, 0.2) is 36.7 Å². The number of rotatable bonds is 7. The number of hydrogen-bond acceptors (Lipinski definition) is 5. The summed E-state index contributed by atoms with van der Waals surface area (Å²) in [5, 5.41) is 5.28. The molecule has 1 unspecified atom stereocenters. The van der Waals surface area contributed by atoms with Gasteiger partial charge in [0.2, 0.25) is 5.91 Å². The smallest absolute Gasteiger partial charge is 0.246 e. The van der Waals surface area contributed by atoms with E-state index in [1.54, 1.807) is 6.20 Å². The van der Waals surface area contributed by atoms with Crippen molar-refractivity contribution in [2.45, 2.75) is 63.2 Å². The molecule has 6 nitrogen and oxygen atoms in total. The minimum Gasteiger partial charge on any atom is -0.490 e. The Kier molecular flexibility index (Phi) is 6.96. The molecule has 1 aliphatic heterocycles. The summed E-state index contributed by atoms with van der Waals surface area (Å²) in [4.78, 5) is 16.3. The van der Waals surface area contributed by atoms with Gasteiger partial charge in [0.1, 0.15) is 12.4 Å². The molecule has 2 aromatic rings. The molecule has 4 rings (SSSR count). The van der Waals surface area contributed by atoms with Gasteiger partial charge in [-0.05, 0) is 57.1 Å². The topological polar surface area (TPSA) is 69.7 Å². The van der Waals surface area contributed by atoms with E-state index in [9.17, 15) is 4.79 Å². The monoisotopic (exact) mass is 398 g/mol. The molecule has 2 heterocycles. The second-order valence-corrected chi connectivity index (χ2v) is 8.02. The van der Waals surface area contributed by atoms with Crippen LogP contribution in [-0.4, -0.2) is 49.0 Å². The molecular weight excluding hydrogens is 368 g/mol. The average Bonchev–Trinajstić information content (AvgIpc) is 2.76. The van der Waals surface area contributed by atoms with E-state index in [2.05, 4.69) is 10.3 Å². The van der Waals surface area contributed by atoms with Gasteiger partial charge in [-0.15, -0.1) is 0 Å². The zero-order chi connectivity index (χ0) is 19.9. The fraction of sp³-hybridized carbons (Fsp3) is 0.565. The van der Waals surface area contributed by atoms with Gasteiger partial charge in [-0.1, -0.05) is 12.1 Å². The Bertz CT molecular complexity index is 793. The summed E-state index contributed by atoms with van der Waals surface area (Å²) in [6.45, 7) is 1.43. The second kappa shape index (κ2) is 10.0. The van der Waals surface area contributed by atoms with Crippen molar-refractivity contribution < 1.29 is 19.0 Å². The predicted molar refractivity (Wildman–Crippen MR) is 111 cm³/mol. The number of benzene rings is 1. The van der Waals surface area contributed by atoms with Gasteiger partial charge in [-0.2, -0.15) is 0 Å². The molecule has 1 N–H and O–H groups in total. The molecule has 1 amide bonds. The third-order valence-electron chi connectivity index (χ3n) is 5.78. The molecule has 1 atom stereocenters. The number of hydrogen-bond donors (Lipinski definition) is 1. The van der Waals surface area contributed by atoms with Crippen LogP contribution in [0.25, 0.3) is 10.8 Å². The number of carbonyl (C=O) groups is 1. The third-order valence-corrected chi connectivity index (χ3v) is 5.78. The Labute approximate surface area is 171 Å².